The van der Waals surface area contributed by atoms with Gasteiger partial charge in [-0.05, 0) is 28.7 Å². The molecule has 0 heterocycles. The fourth-order valence-corrected chi connectivity index (χ4v) is 5.84. The van der Waals surface area contributed by atoms with Gasteiger partial charge < -0.3 is 77.4 Å². The Hall–Kier alpha value is -2.85. The van der Waals surface area contributed by atoms with E-state index in [1.165, 1.54) is 22.3 Å². The van der Waals surface area contributed by atoms with Gasteiger partial charge in [-0.25, -0.2) is 4.79 Å². The molecule has 3 N–H and O–H groups in total. The molecule has 1 amide bonds. The van der Waals surface area contributed by atoms with Crippen molar-refractivity contribution in [2.45, 2.75) is 12.3 Å². The maximum Gasteiger partial charge on any atom is 0.407 e. The first kappa shape index (κ1) is 52.5. The Morgan fingerprint density at radius 1 is 0.410 bits per heavy atom. The summed E-state index contributed by atoms with van der Waals surface area (Å²) in [5.74, 6) is 0.0466. The van der Waals surface area contributed by atoms with E-state index in [2.05, 4.69) is 29.6 Å². The van der Waals surface area contributed by atoms with Crippen LogP contribution in [0.2, 0.25) is 0 Å². The summed E-state index contributed by atoms with van der Waals surface area (Å²) in [6, 6.07) is 16.6. The number of fused-ring (bicyclic) bond motifs is 3. The van der Waals surface area contributed by atoms with Crippen LogP contribution in [-0.2, 0) is 66.3 Å². The summed E-state index contributed by atoms with van der Waals surface area (Å²) in [6.45, 7) is 14.3. The molecule has 0 unspecified atom stereocenters. The van der Waals surface area contributed by atoms with Crippen LogP contribution in [0.5, 0.6) is 0 Å². The highest BCUT2D eigenvalue weighted by molar-refractivity contribution is 5.79. The second kappa shape index (κ2) is 38.8. The molecule has 0 spiro atoms. The largest absolute Gasteiger partial charge is 0.449 e. The zero-order chi connectivity index (χ0) is 42.9. The van der Waals surface area contributed by atoms with E-state index in [4.69, 9.17) is 72.0 Å². The van der Waals surface area contributed by atoms with Crippen molar-refractivity contribution in [1.82, 2.24) is 5.32 Å². The van der Waals surface area contributed by atoms with Crippen molar-refractivity contribution in [1.29, 1.82) is 0 Å². The molecule has 0 atom stereocenters. The Bertz CT molecular complexity index is 1270. The van der Waals surface area contributed by atoms with Crippen LogP contribution >= 0.6 is 0 Å². The van der Waals surface area contributed by atoms with Gasteiger partial charge in [0.15, 0.2) is 0 Å². The van der Waals surface area contributed by atoms with Gasteiger partial charge in [-0.3, -0.25) is 0 Å². The van der Waals surface area contributed by atoms with Crippen LogP contribution < -0.4 is 11.1 Å². The molecule has 2 aromatic carbocycles. The first-order valence-corrected chi connectivity index (χ1v) is 21.6. The number of hydrogen-bond acceptors (Lipinski definition) is 16. The summed E-state index contributed by atoms with van der Waals surface area (Å²) in [4.78, 5) is 12.3. The predicted octanol–water partition coefficient (Wildman–Crippen LogP) is 3.09. The maximum absolute atomic E-state index is 12.3. The van der Waals surface area contributed by atoms with Crippen molar-refractivity contribution < 1.29 is 71.1 Å². The Kier molecular flexibility index (Phi) is 33.4. The molecule has 0 aliphatic heterocycles. The molecular weight excluding hydrogens is 796 g/mol. The van der Waals surface area contributed by atoms with E-state index < -0.39 is 6.09 Å². The smallest absolute Gasteiger partial charge is 0.407 e. The summed E-state index contributed by atoms with van der Waals surface area (Å²) in [6.07, 6.45) is 0.264. The van der Waals surface area contributed by atoms with Crippen molar-refractivity contribution in [3.8, 4) is 11.1 Å². The molecule has 0 bridgehead atoms. The van der Waals surface area contributed by atoms with Crippen LogP contribution in [0.3, 0.4) is 0 Å². The Balaban J connectivity index is 0.915. The molecule has 17 nitrogen and oxygen atoms in total. The molecule has 2 aromatic rings. The summed E-state index contributed by atoms with van der Waals surface area (Å²) in [7, 11) is 0. The maximum atomic E-state index is 12.3. The third-order valence-electron chi connectivity index (χ3n) is 8.80. The predicted molar refractivity (Wildman–Crippen MR) is 227 cm³/mol. The van der Waals surface area contributed by atoms with Crippen LogP contribution in [0.15, 0.2) is 48.5 Å². The molecule has 3 rings (SSSR count). The minimum Gasteiger partial charge on any atom is -0.449 e. The van der Waals surface area contributed by atoms with Crippen molar-refractivity contribution in [3.05, 3.63) is 59.7 Å². The molecule has 0 radical (unpaired) electrons. The first-order valence-electron chi connectivity index (χ1n) is 21.6. The lowest BCUT2D eigenvalue weighted by Crippen LogP contribution is -2.27. The van der Waals surface area contributed by atoms with E-state index in [0.717, 1.165) is 0 Å². The van der Waals surface area contributed by atoms with Gasteiger partial charge in [0.05, 0.1) is 165 Å². The van der Waals surface area contributed by atoms with Gasteiger partial charge in [0.2, 0.25) is 0 Å². The quantitative estimate of drug-likeness (QED) is 0.0926. The highest BCUT2D eigenvalue weighted by Gasteiger charge is 2.29. The summed E-state index contributed by atoms with van der Waals surface area (Å²) < 4.78 is 76.7. The van der Waals surface area contributed by atoms with Crippen molar-refractivity contribution >= 4 is 6.09 Å². The average Bonchev–Trinajstić information content (AvgIpc) is 3.60. The van der Waals surface area contributed by atoms with Gasteiger partial charge in [-0.1, -0.05) is 48.5 Å². The van der Waals surface area contributed by atoms with Crippen LogP contribution in [0.25, 0.3) is 11.1 Å². The number of alkyl carbamates (subject to hydrolysis) is 1. The molecule has 0 aromatic heterocycles. The molecule has 348 valence electrons. The highest BCUT2D eigenvalue weighted by atomic mass is 16.6. The second-order valence-corrected chi connectivity index (χ2v) is 13.4. The van der Waals surface area contributed by atoms with Gasteiger partial charge in [0.1, 0.15) is 6.61 Å². The topological polar surface area (TPSA) is 184 Å². The first-order chi connectivity index (χ1) is 30.3. The number of hydrogen-bond donors (Lipinski definition) is 2. The van der Waals surface area contributed by atoms with Gasteiger partial charge in [-0.2, -0.15) is 0 Å². The lowest BCUT2D eigenvalue weighted by atomic mass is 9.98. The molecule has 61 heavy (non-hydrogen) atoms. The van der Waals surface area contributed by atoms with Gasteiger partial charge in [0.25, 0.3) is 0 Å². The number of carbonyl (C=O) groups is 1. The normalized spacial score (nSPS) is 12.2. The van der Waals surface area contributed by atoms with Gasteiger partial charge >= 0.3 is 6.09 Å². The van der Waals surface area contributed by atoms with Crippen molar-refractivity contribution in [3.63, 3.8) is 0 Å². The van der Waals surface area contributed by atoms with Crippen LogP contribution in [0, 0.1) is 0 Å². The van der Waals surface area contributed by atoms with E-state index in [1.807, 2.05) is 24.3 Å². The Labute approximate surface area is 362 Å². The number of nitrogens with two attached hydrogens (primary N) is 1. The van der Waals surface area contributed by atoms with Gasteiger partial charge in [0, 0.05) is 25.6 Å². The minimum atomic E-state index is -0.417. The molecule has 0 saturated heterocycles. The summed E-state index contributed by atoms with van der Waals surface area (Å²) in [5.41, 5.74) is 10.1. The lowest BCUT2D eigenvalue weighted by Gasteiger charge is -2.14. The zero-order valence-electron chi connectivity index (χ0n) is 36.1. The standard InChI is InChI=1S/C44H72N2O15/c45-10-13-49-15-17-51-19-21-53-23-25-55-27-29-57-31-33-59-35-37-60-36-34-58-32-30-56-28-26-54-24-22-52-20-18-50-16-14-48-12-5-11-46-44(47)61-38-43-41-8-3-1-6-39(41)40-7-2-4-9-42(40)43/h1-4,6-9,43H,5,10-38,45H2,(H,46,47). The summed E-state index contributed by atoms with van der Waals surface area (Å²) in [5, 5.41) is 2.81. The fraction of sp³-hybridized carbons (Fsp3) is 0.705. The molecule has 1 aliphatic rings. The van der Waals surface area contributed by atoms with E-state index in [9.17, 15) is 4.79 Å². The van der Waals surface area contributed by atoms with Crippen LogP contribution in [0.4, 0.5) is 4.79 Å². The van der Waals surface area contributed by atoms with Crippen LogP contribution in [-0.4, -0.2) is 198 Å². The minimum absolute atomic E-state index is 0.0466. The van der Waals surface area contributed by atoms with Crippen molar-refractivity contribution in [2.75, 3.05) is 191 Å². The molecule has 0 saturated carbocycles. The van der Waals surface area contributed by atoms with Crippen molar-refractivity contribution in [2.24, 2.45) is 5.73 Å². The monoisotopic (exact) mass is 868 g/mol. The van der Waals surface area contributed by atoms with E-state index in [-0.39, 0.29) is 5.92 Å². The Morgan fingerprint density at radius 3 is 1.00 bits per heavy atom. The molecule has 0 fully saturated rings. The van der Waals surface area contributed by atoms with E-state index in [0.29, 0.717) is 198 Å². The van der Waals surface area contributed by atoms with Gasteiger partial charge in [-0.15, -0.1) is 0 Å². The average molecular weight is 869 g/mol. The number of ether oxygens (including phenoxy) is 14. The number of rotatable bonds is 44. The summed E-state index contributed by atoms with van der Waals surface area (Å²) >= 11 is 0. The van der Waals surface area contributed by atoms with E-state index >= 15 is 0 Å². The molecule has 17 heteroatoms. The molecule has 1 aliphatic carbocycles. The number of amides is 1. The third kappa shape index (κ3) is 27.1. The zero-order valence-corrected chi connectivity index (χ0v) is 36.1. The number of nitrogens with one attached hydrogen (secondary N) is 1. The molecular formula is C44H72N2O15. The number of carbonyl (C=O) groups excluding carboxylic acids is 1. The fourth-order valence-electron chi connectivity index (χ4n) is 5.84. The Morgan fingerprint density at radius 2 is 0.689 bits per heavy atom. The lowest BCUT2D eigenvalue weighted by molar-refractivity contribution is -0.0290. The van der Waals surface area contributed by atoms with E-state index in [1.54, 1.807) is 0 Å². The highest BCUT2D eigenvalue weighted by Crippen LogP contribution is 2.44. The number of benzene rings is 2. The SMILES string of the molecule is NCCOCCOCCOCCOCCOCCOCCOCCOCCOCCOCCOCCOCCOCCCNC(=O)OCC1c2ccccc2-c2ccccc21. The third-order valence-corrected chi connectivity index (χ3v) is 8.80. The van der Waals surface area contributed by atoms with Crippen LogP contribution in [0.1, 0.15) is 23.5 Å². The second-order valence-electron chi connectivity index (χ2n) is 13.4.